The molecule has 9 N–H and O–H groups in total. The molecular formula is C49H84O19P2. The number of unbranched alkanes of at least 4 members (excludes halogenated alkanes) is 12. The Morgan fingerprint density at radius 3 is 2.11 bits per heavy atom. The molecule has 2 bridgehead atoms. The lowest BCUT2D eigenvalue weighted by Gasteiger charge is -2.38. The molecule has 0 radical (unpaired) electrons. The summed E-state index contributed by atoms with van der Waals surface area (Å²) in [6, 6.07) is 0. The lowest BCUT2D eigenvalue weighted by Crippen LogP contribution is -2.56. The van der Waals surface area contributed by atoms with Gasteiger partial charge < -0.3 is 54.8 Å². The van der Waals surface area contributed by atoms with E-state index in [1.54, 1.807) is 6.08 Å². The van der Waals surface area contributed by atoms with Crippen LogP contribution in [-0.4, -0.2) is 131 Å². The first-order valence-corrected chi connectivity index (χ1v) is 28.3. The zero-order valence-electron chi connectivity index (χ0n) is 41.1. The Labute approximate surface area is 414 Å². The van der Waals surface area contributed by atoms with E-state index in [0.717, 1.165) is 82.8 Å². The Balaban J connectivity index is 2.30. The van der Waals surface area contributed by atoms with Gasteiger partial charge in [-0.1, -0.05) is 127 Å². The van der Waals surface area contributed by atoms with Gasteiger partial charge in [-0.15, -0.1) is 0 Å². The minimum atomic E-state index is -5.79. The standard InChI is InChI=1S/C49H84O19P2/c1-3-5-7-8-9-10-11-12-13-14-15-16-17-18-19-20-26-30-43(54)66-37-34-64-42(53)29-25-22-21-24-28-38-40(51)33-41(52)39(32-31-36(50)27-23-6-4-2)45(56)48(67-69(59,60)61)49(47(58)46(57)44(38)55)68-70(62,63)65-35-37/h9-10,12-13,21,24,31-32,36-39,41,44-50,52,55-58H,3-8,11,14-20,22-23,25-30,33-35H2,1-2H3,(H,62,63)(H2,59,60,61)/b10-9-,13-12-,24-21-,32-31?/t36-,37+,38-,39-,41+,44+,45+,46-,47+,48+,49-/m0/s1. The van der Waals surface area contributed by atoms with Gasteiger partial charge in [0.1, 0.15) is 36.8 Å². The summed E-state index contributed by atoms with van der Waals surface area (Å²) in [5, 5.41) is 68.2. The number of hydrogen-bond acceptors (Lipinski definition) is 16. The first-order valence-electron chi connectivity index (χ1n) is 25.3. The van der Waals surface area contributed by atoms with E-state index in [2.05, 4.69) is 31.2 Å². The number of ketones is 1. The fourth-order valence-electron chi connectivity index (χ4n) is 8.17. The number of hydrogen-bond donors (Lipinski definition) is 9. The predicted octanol–water partition coefficient (Wildman–Crippen LogP) is 6.65. The van der Waals surface area contributed by atoms with E-state index in [1.807, 2.05) is 6.92 Å². The van der Waals surface area contributed by atoms with Gasteiger partial charge in [0.05, 0.1) is 31.0 Å². The van der Waals surface area contributed by atoms with Crippen LogP contribution in [0.5, 0.6) is 0 Å². The molecule has 1 aliphatic heterocycles. The Kier molecular flexibility index (Phi) is 32.4. The fourth-order valence-corrected chi connectivity index (χ4v) is 9.70. The van der Waals surface area contributed by atoms with Crippen LogP contribution in [0.4, 0.5) is 0 Å². The van der Waals surface area contributed by atoms with Gasteiger partial charge >= 0.3 is 27.6 Å². The van der Waals surface area contributed by atoms with E-state index in [-0.39, 0.29) is 38.5 Å². The molecule has 0 spiro atoms. The minimum Gasteiger partial charge on any atom is -0.462 e. The molecule has 21 heteroatoms. The molecule has 0 aromatic carbocycles. The molecule has 12 atom stereocenters. The highest BCUT2D eigenvalue weighted by atomic mass is 31.2. The Bertz CT molecular complexity index is 1700. The number of rotatable bonds is 25. The first kappa shape index (κ1) is 63.7. The lowest BCUT2D eigenvalue weighted by molar-refractivity contribution is -0.164. The van der Waals surface area contributed by atoms with Crippen molar-refractivity contribution >= 4 is 33.4 Å². The first-order chi connectivity index (χ1) is 33.3. The van der Waals surface area contributed by atoms with Crippen molar-refractivity contribution in [1.82, 2.24) is 0 Å². The second-order valence-corrected chi connectivity index (χ2v) is 20.9. The number of carbonyl (C=O) groups excluding carboxylic acids is 3. The van der Waals surface area contributed by atoms with Crippen molar-refractivity contribution in [3.63, 3.8) is 0 Å². The molecule has 0 aromatic heterocycles. The van der Waals surface area contributed by atoms with Crippen LogP contribution in [0.2, 0.25) is 0 Å². The molecule has 19 nitrogen and oxygen atoms in total. The van der Waals surface area contributed by atoms with Gasteiger partial charge in [0.15, 0.2) is 6.10 Å². The van der Waals surface area contributed by atoms with Gasteiger partial charge in [0.25, 0.3) is 0 Å². The lowest BCUT2D eigenvalue weighted by atomic mass is 9.84. The number of aliphatic hydroxyl groups excluding tert-OH is 6. The molecule has 1 fully saturated rings. The van der Waals surface area contributed by atoms with E-state index >= 15 is 0 Å². The van der Waals surface area contributed by atoms with Crippen molar-refractivity contribution in [2.75, 3.05) is 13.2 Å². The van der Waals surface area contributed by atoms with Gasteiger partial charge in [0.2, 0.25) is 0 Å². The van der Waals surface area contributed by atoms with Crippen LogP contribution < -0.4 is 0 Å². The van der Waals surface area contributed by atoms with Crippen LogP contribution in [0, 0.1) is 11.8 Å². The molecule has 0 aromatic rings. The summed E-state index contributed by atoms with van der Waals surface area (Å²) in [5.74, 6) is -5.70. The van der Waals surface area contributed by atoms with Gasteiger partial charge in [-0.2, -0.15) is 0 Å². The highest BCUT2D eigenvalue weighted by molar-refractivity contribution is 7.47. The topological polar surface area (TPSA) is 314 Å². The molecule has 1 aliphatic carbocycles. The third-order valence-corrected chi connectivity index (χ3v) is 13.7. The van der Waals surface area contributed by atoms with Crippen molar-refractivity contribution in [3.05, 3.63) is 48.6 Å². The van der Waals surface area contributed by atoms with Crippen molar-refractivity contribution in [2.45, 2.75) is 216 Å². The molecular weight excluding hydrogens is 954 g/mol. The fraction of sp³-hybridized carbons (Fsp3) is 0.776. The number of phosphoric acid groups is 2. The average molecular weight is 1040 g/mol. The monoisotopic (exact) mass is 1040 g/mol. The number of esters is 2. The summed E-state index contributed by atoms with van der Waals surface area (Å²) in [6.45, 7) is 2.51. The third-order valence-electron chi connectivity index (χ3n) is 12.2. The quantitative estimate of drug-likeness (QED) is 0.0200. The van der Waals surface area contributed by atoms with Crippen LogP contribution in [0.25, 0.3) is 0 Å². The number of Topliss-reactive ketones (excluding diaryl/α,β-unsaturated/α-hetero) is 1. The van der Waals surface area contributed by atoms with Crippen LogP contribution >= 0.6 is 15.6 Å². The van der Waals surface area contributed by atoms with E-state index in [9.17, 15) is 68.8 Å². The van der Waals surface area contributed by atoms with E-state index in [0.29, 0.717) is 12.8 Å². The summed E-state index contributed by atoms with van der Waals surface area (Å²) in [7, 11) is -11.5. The Hall–Kier alpha value is -2.45. The summed E-state index contributed by atoms with van der Waals surface area (Å²) in [6.07, 6.45) is 9.00. The molecule has 0 amide bonds. The van der Waals surface area contributed by atoms with Crippen LogP contribution in [-0.2, 0) is 46.6 Å². The largest absolute Gasteiger partial charge is 0.472 e. The Morgan fingerprint density at radius 1 is 0.829 bits per heavy atom. The summed E-state index contributed by atoms with van der Waals surface area (Å²) < 4.78 is 52.2. The second-order valence-electron chi connectivity index (χ2n) is 18.3. The van der Waals surface area contributed by atoms with E-state index in [4.69, 9.17) is 23.0 Å². The summed E-state index contributed by atoms with van der Waals surface area (Å²) >= 11 is 0. The molecule has 404 valence electrons. The van der Waals surface area contributed by atoms with Crippen molar-refractivity contribution in [2.24, 2.45) is 11.8 Å². The number of ether oxygens (including phenoxy) is 2. The third kappa shape index (κ3) is 27.0. The number of phosphoric ester groups is 2. The number of aliphatic hydroxyl groups is 6. The number of carbonyl (C=O) groups is 3. The maximum Gasteiger partial charge on any atom is 0.472 e. The van der Waals surface area contributed by atoms with Crippen molar-refractivity contribution < 1.29 is 91.9 Å². The van der Waals surface area contributed by atoms with Crippen molar-refractivity contribution in [3.8, 4) is 0 Å². The molecule has 1 heterocycles. The highest BCUT2D eigenvalue weighted by Crippen LogP contribution is 2.49. The maximum absolute atomic E-state index is 13.8. The zero-order valence-corrected chi connectivity index (χ0v) is 42.9. The van der Waals surface area contributed by atoms with Gasteiger partial charge in [-0.25, -0.2) is 9.13 Å². The van der Waals surface area contributed by atoms with Crippen molar-refractivity contribution in [1.29, 1.82) is 0 Å². The maximum atomic E-state index is 13.8. The molecule has 1 saturated carbocycles. The average Bonchev–Trinajstić information content (AvgIpc) is 3.30. The molecule has 2 aliphatic rings. The van der Waals surface area contributed by atoms with Crippen LogP contribution in [0.15, 0.2) is 48.6 Å². The molecule has 2 rings (SSSR count). The van der Waals surface area contributed by atoms with Crippen LogP contribution in [0.1, 0.15) is 162 Å². The SMILES string of the molecule is CCCCC/C=C\C/C=C\CCCCCCCCCC(=O)O[C@@H]1COC(=O)CCC/C=C\C[C@H]2C(=O)C[C@@H](O)[C@H](C=C[C@@H](O)CCCCC)[C@@H](O)[C@@H](OP(=O)(O)O)[C@@H](OP(=O)(O)OC1)[C@H](O)[C@@H](O)[C@@H]2O. The highest BCUT2D eigenvalue weighted by Gasteiger charge is 2.51. The summed E-state index contributed by atoms with van der Waals surface area (Å²) in [5.41, 5.74) is 0. The normalized spacial score (nSPS) is 30.5. The van der Waals surface area contributed by atoms with Crippen LogP contribution in [0.3, 0.4) is 0 Å². The second kappa shape index (κ2) is 35.7. The van der Waals surface area contributed by atoms with Gasteiger partial charge in [-0.3, -0.25) is 28.0 Å². The van der Waals surface area contributed by atoms with E-state index < -0.39 is 120 Å². The summed E-state index contributed by atoms with van der Waals surface area (Å²) in [4.78, 5) is 70.5. The van der Waals surface area contributed by atoms with Gasteiger partial charge in [0, 0.05) is 31.1 Å². The minimum absolute atomic E-state index is 0.0452. The van der Waals surface area contributed by atoms with E-state index in [1.165, 1.54) is 25.3 Å². The van der Waals surface area contributed by atoms with Gasteiger partial charge in [-0.05, 0) is 64.2 Å². The molecule has 1 unspecified atom stereocenters. The Morgan fingerprint density at radius 2 is 1.46 bits per heavy atom. The smallest absolute Gasteiger partial charge is 0.462 e. The number of allylic oxidation sites excluding steroid dienone is 6. The zero-order chi connectivity index (χ0) is 52.0. The molecule has 70 heavy (non-hydrogen) atoms. The number of cyclic esters (lactones) is 1. The number of fused-ring (bicyclic) bond motifs is 4. The molecule has 0 saturated heterocycles. The predicted molar refractivity (Wildman–Crippen MR) is 261 cm³/mol.